The van der Waals surface area contributed by atoms with E-state index in [1.807, 2.05) is 20.8 Å². The van der Waals surface area contributed by atoms with Crippen molar-refractivity contribution >= 4 is 0 Å². The monoisotopic (exact) mass is 188 g/mol. The minimum atomic E-state index is 0.850. The molecule has 0 aromatic carbocycles. The molecule has 1 aliphatic rings. The van der Waals surface area contributed by atoms with E-state index in [9.17, 15) is 0 Å². The van der Waals surface area contributed by atoms with E-state index >= 15 is 0 Å². The molecule has 1 fully saturated rings. The molecule has 2 heteroatoms. The molecule has 0 spiro atoms. The maximum Gasteiger partial charge on any atom is 0.0468 e. The summed E-state index contributed by atoms with van der Waals surface area (Å²) in [6, 6.07) is 0. The first-order chi connectivity index (χ1) is 6.43. The molecule has 2 nitrogen and oxygen atoms in total. The fourth-order valence-electron chi connectivity index (χ4n) is 1.43. The van der Waals surface area contributed by atoms with Crippen molar-refractivity contribution in [1.29, 1.82) is 0 Å². The lowest BCUT2D eigenvalue weighted by Gasteiger charge is -2.21. The normalized spacial score (nSPS) is 17.8. The van der Waals surface area contributed by atoms with Crippen molar-refractivity contribution < 1.29 is 9.47 Å². The van der Waals surface area contributed by atoms with Gasteiger partial charge in [0.15, 0.2) is 0 Å². The van der Waals surface area contributed by atoms with Crippen LogP contribution in [-0.4, -0.2) is 26.4 Å². The maximum absolute atomic E-state index is 5.30. The third kappa shape index (κ3) is 7.03. The molecule has 0 aromatic rings. The Labute approximate surface area is 82.6 Å². The van der Waals surface area contributed by atoms with Gasteiger partial charge in [-0.05, 0) is 32.1 Å². The highest BCUT2D eigenvalue weighted by Gasteiger charge is 2.12. The Bertz CT molecular complexity index is 88.1. The lowest BCUT2D eigenvalue weighted by atomic mass is 9.97. The lowest BCUT2D eigenvalue weighted by Crippen LogP contribution is -2.17. The largest absolute Gasteiger partial charge is 0.382 e. The maximum atomic E-state index is 5.30. The molecule has 0 bridgehead atoms. The van der Waals surface area contributed by atoms with E-state index in [2.05, 4.69) is 0 Å². The zero-order valence-electron chi connectivity index (χ0n) is 9.34. The van der Waals surface area contributed by atoms with Crippen LogP contribution >= 0.6 is 0 Å². The number of rotatable bonds is 4. The Balaban J connectivity index is 0.000000671. The van der Waals surface area contributed by atoms with E-state index in [-0.39, 0.29) is 0 Å². The van der Waals surface area contributed by atoms with Gasteiger partial charge in [-0.15, -0.1) is 0 Å². The molecule has 13 heavy (non-hydrogen) atoms. The summed E-state index contributed by atoms with van der Waals surface area (Å²) in [5, 5.41) is 0. The highest BCUT2D eigenvalue weighted by atomic mass is 16.5. The molecule has 1 saturated heterocycles. The van der Waals surface area contributed by atoms with Gasteiger partial charge in [-0.2, -0.15) is 0 Å². The SMILES string of the molecule is CC.CCOCCC1CCOCC1. The quantitative estimate of drug-likeness (QED) is 0.632. The van der Waals surface area contributed by atoms with Crippen LogP contribution in [0.4, 0.5) is 0 Å². The van der Waals surface area contributed by atoms with Gasteiger partial charge in [0, 0.05) is 26.4 Å². The Morgan fingerprint density at radius 2 is 1.85 bits per heavy atom. The van der Waals surface area contributed by atoms with Gasteiger partial charge in [0.05, 0.1) is 0 Å². The third-order valence-corrected chi connectivity index (χ3v) is 2.22. The molecule has 0 atom stereocenters. The zero-order valence-corrected chi connectivity index (χ0v) is 9.34. The Kier molecular flexibility index (Phi) is 9.94. The summed E-state index contributed by atoms with van der Waals surface area (Å²) < 4.78 is 10.6. The summed E-state index contributed by atoms with van der Waals surface area (Å²) >= 11 is 0. The molecule has 0 amide bonds. The first-order valence-electron chi connectivity index (χ1n) is 5.59. The molecule has 0 saturated carbocycles. The molecule has 1 rings (SSSR count). The highest BCUT2D eigenvalue weighted by molar-refractivity contribution is 4.62. The van der Waals surface area contributed by atoms with Crippen LogP contribution in [-0.2, 0) is 9.47 Å². The molecule has 80 valence electrons. The number of hydrogen-bond donors (Lipinski definition) is 0. The summed E-state index contributed by atoms with van der Waals surface area (Å²) in [5.74, 6) is 0.857. The second-order valence-corrected chi connectivity index (χ2v) is 3.04. The van der Waals surface area contributed by atoms with Crippen molar-refractivity contribution in [3.8, 4) is 0 Å². The third-order valence-electron chi connectivity index (χ3n) is 2.22. The van der Waals surface area contributed by atoms with Crippen molar-refractivity contribution in [2.24, 2.45) is 5.92 Å². The zero-order chi connectivity index (χ0) is 9.94. The average Bonchev–Trinajstić information content (AvgIpc) is 2.23. The first kappa shape index (κ1) is 12.9. The van der Waals surface area contributed by atoms with Gasteiger partial charge in [-0.1, -0.05) is 13.8 Å². The summed E-state index contributed by atoms with van der Waals surface area (Å²) in [6.45, 7) is 9.74. The molecule has 0 unspecified atom stereocenters. The van der Waals surface area contributed by atoms with E-state index in [1.165, 1.54) is 19.3 Å². The van der Waals surface area contributed by atoms with Crippen LogP contribution in [0.25, 0.3) is 0 Å². The smallest absolute Gasteiger partial charge is 0.0468 e. The van der Waals surface area contributed by atoms with Crippen molar-refractivity contribution in [1.82, 2.24) is 0 Å². The van der Waals surface area contributed by atoms with Gasteiger partial charge in [-0.25, -0.2) is 0 Å². The lowest BCUT2D eigenvalue weighted by molar-refractivity contribution is 0.0493. The predicted octanol–water partition coefficient (Wildman–Crippen LogP) is 2.87. The molecule has 1 heterocycles. The van der Waals surface area contributed by atoms with Gasteiger partial charge in [0.1, 0.15) is 0 Å². The van der Waals surface area contributed by atoms with Crippen LogP contribution in [0.1, 0.15) is 40.0 Å². The number of hydrogen-bond acceptors (Lipinski definition) is 2. The molecule has 0 aromatic heterocycles. The van der Waals surface area contributed by atoms with Crippen molar-refractivity contribution in [3.63, 3.8) is 0 Å². The van der Waals surface area contributed by atoms with Crippen LogP contribution in [0, 0.1) is 5.92 Å². The molecular formula is C11H24O2. The van der Waals surface area contributed by atoms with Crippen LogP contribution in [0.15, 0.2) is 0 Å². The summed E-state index contributed by atoms with van der Waals surface area (Å²) in [5.41, 5.74) is 0. The van der Waals surface area contributed by atoms with Crippen molar-refractivity contribution in [2.45, 2.75) is 40.0 Å². The summed E-state index contributed by atoms with van der Waals surface area (Å²) in [7, 11) is 0. The molecule has 0 N–H and O–H groups in total. The van der Waals surface area contributed by atoms with Gasteiger partial charge >= 0.3 is 0 Å². The van der Waals surface area contributed by atoms with Gasteiger partial charge in [0.25, 0.3) is 0 Å². The standard InChI is InChI=1S/C9H18O2.C2H6/c1-2-10-6-3-9-4-7-11-8-5-9;1-2/h9H,2-8H2,1H3;1-2H3. The van der Waals surface area contributed by atoms with Crippen LogP contribution in [0.2, 0.25) is 0 Å². The first-order valence-corrected chi connectivity index (χ1v) is 5.59. The Hall–Kier alpha value is -0.0800. The molecule has 0 aliphatic carbocycles. The van der Waals surface area contributed by atoms with Gasteiger partial charge in [0.2, 0.25) is 0 Å². The second kappa shape index (κ2) is 10.0. The fraction of sp³-hybridized carbons (Fsp3) is 1.00. The molecule has 0 radical (unpaired) electrons. The van der Waals surface area contributed by atoms with Crippen molar-refractivity contribution in [2.75, 3.05) is 26.4 Å². The average molecular weight is 188 g/mol. The summed E-state index contributed by atoms with van der Waals surface area (Å²) in [4.78, 5) is 0. The Morgan fingerprint density at radius 3 is 2.38 bits per heavy atom. The fourth-order valence-corrected chi connectivity index (χ4v) is 1.43. The van der Waals surface area contributed by atoms with Crippen LogP contribution in [0.5, 0.6) is 0 Å². The van der Waals surface area contributed by atoms with Crippen molar-refractivity contribution in [3.05, 3.63) is 0 Å². The van der Waals surface area contributed by atoms with E-state index in [0.29, 0.717) is 0 Å². The van der Waals surface area contributed by atoms with Crippen LogP contribution < -0.4 is 0 Å². The molecular weight excluding hydrogens is 164 g/mol. The second-order valence-electron chi connectivity index (χ2n) is 3.04. The number of ether oxygens (including phenoxy) is 2. The minimum absolute atomic E-state index is 0.850. The van der Waals surface area contributed by atoms with E-state index in [1.54, 1.807) is 0 Å². The summed E-state index contributed by atoms with van der Waals surface area (Å²) in [6.07, 6.45) is 3.68. The van der Waals surface area contributed by atoms with E-state index in [4.69, 9.17) is 9.47 Å². The van der Waals surface area contributed by atoms with E-state index < -0.39 is 0 Å². The predicted molar refractivity (Wildman–Crippen MR) is 56.0 cm³/mol. The molecule has 1 aliphatic heterocycles. The highest BCUT2D eigenvalue weighted by Crippen LogP contribution is 2.17. The van der Waals surface area contributed by atoms with E-state index in [0.717, 1.165) is 32.3 Å². The minimum Gasteiger partial charge on any atom is -0.382 e. The topological polar surface area (TPSA) is 18.5 Å². The Morgan fingerprint density at radius 1 is 1.23 bits per heavy atom. The van der Waals surface area contributed by atoms with Crippen LogP contribution in [0.3, 0.4) is 0 Å². The van der Waals surface area contributed by atoms with Gasteiger partial charge in [-0.3, -0.25) is 0 Å². The van der Waals surface area contributed by atoms with Gasteiger partial charge < -0.3 is 9.47 Å².